The average molecular weight is 300 g/mol. The Balaban J connectivity index is 0.00000108. The summed E-state index contributed by atoms with van der Waals surface area (Å²) in [6.45, 7) is 0. The van der Waals surface area contributed by atoms with Gasteiger partial charge in [-0.05, 0) is 24.8 Å². The summed E-state index contributed by atoms with van der Waals surface area (Å²) in [6.07, 6.45) is 5.87. The Kier molecular flexibility index (Phi) is 3.95. The molecule has 1 aromatic rings. The number of allylic oxidation sites excluding steroid dienone is 2. The summed E-state index contributed by atoms with van der Waals surface area (Å²) < 4.78 is 5.79. The third-order valence-corrected chi connectivity index (χ3v) is 3.02. The van der Waals surface area contributed by atoms with Crippen molar-refractivity contribution in [3.63, 3.8) is 0 Å². The molecule has 17 heavy (non-hydrogen) atoms. The molecule has 1 aliphatic heterocycles. The molecule has 3 rings (SSSR count). The Morgan fingerprint density at radius 1 is 1.35 bits per heavy atom. The van der Waals surface area contributed by atoms with Gasteiger partial charge in [-0.25, -0.2) is 0 Å². The first kappa shape index (κ1) is 12.7. The number of carbonyl (C=O) groups excluding carboxylic acids is 1. The number of fused-ring (bicyclic) bond motifs is 2. The second-order valence-electron chi connectivity index (χ2n) is 4.06. The fraction of sp³-hybridized carbons (Fsp3) is 0.214. The molecule has 0 fully saturated rings. The van der Waals surface area contributed by atoms with Gasteiger partial charge in [0.25, 0.3) is 0 Å². The standard InChI is InChI=1S/C14H11O2.Y/c15-9-12-6-3-5-11-8-10-4-1-2-7-13(10)16-14(11)12;/h1,4,7-9H,3,5-6H2;/q-1;. The molecular weight excluding hydrogens is 289 g/mol. The third kappa shape index (κ3) is 2.29. The van der Waals surface area contributed by atoms with Crippen LogP contribution in [0.1, 0.15) is 24.8 Å². The van der Waals surface area contributed by atoms with E-state index in [0.29, 0.717) is 0 Å². The Hall–Kier alpha value is -0.726. The monoisotopic (exact) mass is 300 g/mol. The summed E-state index contributed by atoms with van der Waals surface area (Å²) in [5, 5.41) is 0. The molecule has 2 aliphatic rings. The van der Waals surface area contributed by atoms with E-state index in [1.54, 1.807) is 0 Å². The minimum absolute atomic E-state index is 0. The molecule has 0 saturated heterocycles. The van der Waals surface area contributed by atoms with Crippen molar-refractivity contribution in [2.45, 2.75) is 19.3 Å². The molecule has 1 aromatic carbocycles. The molecule has 2 nitrogen and oxygen atoms in total. The van der Waals surface area contributed by atoms with Crippen molar-refractivity contribution < 1.29 is 42.2 Å². The third-order valence-electron chi connectivity index (χ3n) is 3.02. The maximum Gasteiger partial charge on any atom is 0.149 e. The average Bonchev–Trinajstić information content (AvgIpc) is 2.35. The first-order valence-corrected chi connectivity index (χ1v) is 5.46. The van der Waals surface area contributed by atoms with Crippen molar-refractivity contribution >= 4 is 12.4 Å². The second-order valence-corrected chi connectivity index (χ2v) is 4.06. The number of hydrogen-bond donors (Lipinski definition) is 0. The van der Waals surface area contributed by atoms with Gasteiger partial charge in [-0.2, -0.15) is 18.2 Å². The molecule has 0 bridgehead atoms. The van der Waals surface area contributed by atoms with Crippen LogP contribution < -0.4 is 4.74 Å². The van der Waals surface area contributed by atoms with Gasteiger partial charge in [0.2, 0.25) is 0 Å². The minimum atomic E-state index is 0. The van der Waals surface area contributed by atoms with E-state index in [2.05, 4.69) is 12.1 Å². The van der Waals surface area contributed by atoms with E-state index in [9.17, 15) is 4.79 Å². The first-order chi connectivity index (χ1) is 7.88. The molecule has 0 aromatic heterocycles. The molecule has 1 aliphatic carbocycles. The zero-order valence-corrected chi connectivity index (χ0v) is 12.2. The summed E-state index contributed by atoms with van der Waals surface area (Å²) in [4.78, 5) is 11.0. The van der Waals surface area contributed by atoms with Gasteiger partial charge in [0.05, 0.1) is 0 Å². The van der Waals surface area contributed by atoms with Gasteiger partial charge in [-0.1, -0.05) is 11.6 Å². The molecule has 0 N–H and O–H groups in total. The van der Waals surface area contributed by atoms with Gasteiger partial charge < -0.3 is 4.74 Å². The maximum atomic E-state index is 11.0. The van der Waals surface area contributed by atoms with E-state index in [1.807, 2.05) is 18.2 Å². The van der Waals surface area contributed by atoms with Crippen molar-refractivity contribution in [3.05, 3.63) is 46.7 Å². The van der Waals surface area contributed by atoms with Crippen LogP contribution >= 0.6 is 0 Å². The Morgan fingerprint density at radius 3 is 3.06 bits per heavy atom. The Labute approximate surface area is 126 Å². The molecular formula is C14H11O2Y-. The van der Waals surface area contributed by atoms with Crippen LogP contribution in [0.3, 0.4) is 0 Å². The molecule has 1 heterocycles. The number of carbonyl (C=O) groups is 1. The van der Waals surface area contributed by atoms with Gasteiger partial charge in [0.1, 0.15) is 12.0 Å². The topological polar surface area (TPSA) is 26.3 Å². The van der Waals surface area contributed by atoms with Crippen molar-refractivity contribution in [2.75, 3.05) is 0 Å². The van der Waals surface area contributed by atoms with Gasteiger partial charge in [0, 0.05) is 44.0 Å². The summed E-state index contributed by atoms with van der Waals surface area (Å²) in [5.74, 6) is 1.57. The molecule has 0 amide bonds. The molecule has 0 unspecified atom stereocenters. The van der Waals surface area contributed by atoms with E-state index in [1.165, 1.54) is 0 Å². The quantitative estimate of drug-likeness (QED) is 0.589. The molecule has 0 atom stereocenters. The van der Waals surface area contributed by atoms with Crippen LogP contribution in [-0.4, -0.2) is 6.29 Å². The van der Waals surface area contributed by atoms with Crippen LogP contribution in [0.15, 0.2) is 35.1 Å². The maximum absolute atomic E-state index is 11.0. The number of benzene rings is 1. The van der Waals surface area contributed by atoms with E-state index in [0.717, 1.165) is 53.8 Å². The molecule has 1 radical (unpaired) electrons. The first-order valence-electron chi connectivity index (χ1n) is 5.46. The SMILES string of the molecule is O=CC1=C2Oc3c[c-]ccc3C=C2CCC1.[Y]. The van der Waals surface area contributed by atoms with Gasteiger partial charge in [-0.15, -0.1) is 6.07 Å². The predicted molar refractivity (Wildman–Crippen MR) is 60.8 cm³/mol. The van der Waals surface area contributed by atoms with Crippen LogP contribution in [0.4, 0.5) is 0 Å². The number of hydrogen-bond acceptors (Lipinski definition) is 2. The van der Waals surface area contributed by atoms with Gasteiger partial charge in [-0.3, -0.25) is 4.79 Å². The normalized spacial score (nSPS) is 17.1. The molecule has 0 spiro atoms. The second kappa shape index (κ2) is 5.28. The van der Waals surface area contributed by atoms with E-state index in [-0.39, 0.29) is 32.7 Å². The Morgan fingerprint density at radius 2 is 2.24 bits per heavy atom. The zero-order chi connectivity index (χ0) is 11.0. The van der Waals surface area contributed by atoms with Crippen LogP contribution in [0.25, 0.3) is 6.08 Å². The summed E-state index contributed by atoms with van der Waals surface area (Å²) in [6, 6.07) is 8.65. The Bertz CT molecular complexity index is 515. The molecule has 83 valence electrons. The number of aldehydes is 1. The smallest absolute Gasteiger partial charge is 0.149 e. The van der Waals surface area contributed by atoms with E-state index >= 15 is 0 Å². The van der Waals surface area contributed by atoms with Crippen LogP contribution in [0.5, 0.6) is 5.75 Å². The van der Waals surface area contributed by atoms with Crippen molar-refractivity contribution in [1.82, 2.24) is 0 Å². The summed E-state index contributed by atoms with van der Waals surface area (Å²) in [7, 11) is 0. The van der Waals surface area contributed by atoms with E-state index < -0.39 is 0 Å². The van der Waals surface area contributed by atoms with E-state index in [4.69, 9.17) is 4.74 Å². The fourth-order valence-electron chi connectivity index (χ4n) is 2.22. The molecule has 0 saturated carbocycles. The van der Waals surface area contributed by atoms with Crippen LogP contribution in [-0.2, 0) is 37.5 Å². The number of ether oxygens (including phenoxy) is 1. The summed E-state index contributed by atoms with van der Waals surface area (Å²) in [5.41, 5.74) is 3.00. The largest absolute Gasteiger partial charge is 0.515 e. The van der Waals surface area contributed by atoms with Crippen LogP contribution in [0, 0.1) is 6.07 Å². The zero-order valence-electron chi connectivity index (χ0n) is 9.40. The number of rotatable bonds is 1. The summed E-state index contributed by atoms with van der Waals surface area (Å²) >= 11 is 0. The van der Waals surface area contributed by atoms with Crippen molar-refractivity contribution in [1.29, 1.82) is 0 Å². The van der Waals surface area contributed by atoms with Crippen LogP contribution in [0.2, 0.25) is 0 Å². The predicted octanol–water partition coefficient (Wildman–Crippen LogP) is 2.90. The van der Waals surface area contributed by atoms with Crippen molar-refractivity contribution in [3.8, 4) is 5.75 Å². The van der Waals surface area contributed by atoms with Gasteiger partial charge in [0.15, 0.2) is 0 Å². The minimum Gasteiger partial charge on any atom is -0.515 e. The van der Waals surface area contributed by atoms with Gasteiger partial charge >= 0.3 is 0 Å². The fourth-order valence-corrected chi connectivity index (χ4v) is 2.22. The molecule has 3 heteroatoms. The van der Waals surface area contributed by atoms with Crippen molar-refractivity contribution in [2.24, 2.45) is 0 Å².